The Bertz CT molecular complexity index is 451. The first-order valence-electron chi connectivity index (χ1n) is 7.55. The Morgan fingerprint density at radius 2 is 1.81 bits per heavy atom. The number of carbonyl (C=O) groups is 3. The van der Waals surface area contributed by atoms with Crippen molar-refractivity contribution in [2.45, 2.75) is 58.5 Å². The van der Waals surface area contributed by atoms with Crippen LogP contribution in [0.15, 0.2) is 0 Å². The molecule has 1 N–H and O–H groups in total. The molecule has 21 heavy (non-hydrogen) atoms. The number of aliphatic carboxylic acids is 1. The highest BCUT2D eigenvalue weighted by atomic mass is 16.4. The molecule has 2 aliphatic rings. The van der Waals surface area contributed by atoms with Crippen molar-refractivity contribution in [3.05, 3.63) is 0 Å². The fourth-order valence-electron chi connectivity index (χ4n) is 2.81. The Morgan fingerprint density at radius 1 is 1.19 bits per heavy atom. The highest BCUT2D eigenvalue weighted by molar-refractivity contribution is 5.91. The van der Waals surface area contributed by atoms with Crippen LogP contribution in [0.1, 0.15) is 46.5 Å². The number of nitrogens with zero attached hydrogens (tertiary/aromatic N) is 2. The van der Waals surface area contributed by atoms with Crippen LogP contribution in [-0.4, -0.2) is 57.9 Å². The zero-order valence-electron chi connectivity index (χ0n) is 13.0. The van der Waals surface area contributed by atoms with Crippen LogP contribution in [0.4, 0.5) is 0 Å². The molecule has 1 aliphatic carbocycles. The lowest BCUT2D eigenvalue weighted by Crippen LogP contribution is -2.52. The molecule has 1 saturated heterocycles. The number of amides is 2. The average Bonchev–Trinajstić information content (AvgIpc) is 3.09. The molecule has 2 rings (SSSR count). The van der Waals surface area contributed by atoms with Crippen LogP contribution < -0.4 is 0 Å². The van der Waals surface area contributed by atoms with Crippen molar-refractivity contribution in [1.82, 2.24) is 9.80 Å². The van der Waals surface area contributed by atoms with Gasteiger partial charge in [0, 0.05) is 18.0 Å². The SMILES string of the molecule is CC(C)(C)C(=O)N1CCCC1C(=O)N(CC(=O)O)C1CC1. The van der Waals surface area contributed by atoms with Gasteiger partial charge in [0.1, 0.15) is 12.6 Å². The highest BCUT2D eigenvalue weighted by Crippen LogP contribution is 2.31. The predicted octanol–water partition coefficient (Wildman–Crippen LogP) is 1.10. The summed E-state index contributed by atoms with van der Waals surface area (Å²) in [6.07, 6.45) is 3.14. The van der Waals surface area contributed by atoms with Crippen molar-refractivity contribution >= 4 is 17.8 Å². The van der Waals surface area contributed by atoms with Gasteiger partial charge >= 0.3 is 5.97 Å². The van der Waals surface area contributed by atoms with Gasteiger partial charge in [-0.2, -0.15) is 0 Å². The summed E-state index contributed by atoms with van der Waals surface area (Å²) in [7, 11) is 0. The van der Waals surface area contributed by atoms with Gasteiger partial charge in [-0.05, 0) is 25.7 Å². The topological polar surface area (TPSA) is 77.9 Å². The summed E-state index contributed by atoms with van der Waals surface area (Å²) in [5.74, 6) is -1.23. The lowest BCUT2D eigenvalue weighted by atomic mass is 9.94. The van der Waals surface area contributed by atoms with Crippen molar-refractivity contribution in [2.75, 3.05) is 13.1 Å². The van der Waals surface area contributed by atoms with Crippen LogP contribution in [0.5, 0.6) is 0 Å². The molecule has 0 aromatic carbocycles. The van der Waals surface area contributed by atoms with E-state index in [1.54, 1.807) is 4.90 Å². The number of hydrogen-bond acceptors (Lipinski definition) is 3. The van der Waals surface area contributed by atoms with Crippen molar-refractivity contribution in [3.63, 3.8) is 0 Å². The molecule has 1 saturated carbocycles. The van der Waals surface area contributed by atoms with Crippen LogP contribution in [0.25, 0.3) is 0 Å². The quantitative estimate of drug-likeness (QED) is 0.842. The number of carboxylic acid groups (broad SMARTS) is 1. The minimum Gasteiger partial charge on any atom is -0.480 e. The smallest absolute Gasteiger partial charge is 0.323 e. The van der Waals surface area contributed by atoms with E-state index in [-0.39, 0.29) is 24.4 Å². The normalized spacial score (nSPS) is 22.2. The van der Waals surface area contributed by atoms with Gasteiger partial charge in [-0.3, -0.25) is 14.4 Å². The third kappa shape index (κ3) is 3.54. The first-order valence-corrected chi connectivity index (χ1v) is 7.55. The van der Waals surface area contributed by atoms with E-state index in [1.807, 2.05) is 20.8 Å². The molecular weight excluding hydrogens is 272 g/mol. The maximum Gasteiger partial charge on any atom is 0.323 e. The van der Waals surface area contributed by atoms with Crippen LogP contribution >= 0.6 is 0 Å². The number of likely N-dealkylation sites (tertiary alicyclic amines) is 1. The number of rotatable bonds is 4. The summed E-state index contributed by atoms with van der Waals surface area (Å²) in [5.41, 5.74) is -0.528. The molecule has 2 amide bonds. The van der Waals surface area contributed by atoms with E-state index in [2.05, 4.69) is 0 Å². The van der Waals surface area contributed by atoms with Gasteiger partial charge in [-0.25, -0.2) is 0 Å². The first kappa shape index (κ1) is 15.8. The Labute approximate surface area is 125 Å². The van der Waals surface area contributed by atoms with Crippen molar-refractivity contribution in [2.24, 2.45) is 5.41 Å². The third-order valence-corrected chi connectivity index (χ3v) is 4.02. The molecule has 6 nitrogen and oxygen atoms in total. The minimum atomic E-state index is -0.998. The van der Waals surface area contributed by atoms with Gasteiger partial charge in [0.15, 0.2) is 0 Å². The van der Waals surface area contributed by atoms with Crippen molar-refractivity contribution in [1.29, 1.82) is 0 Å². The van der Waals surface area contributed by atoms with Gasteiger partial charge in [-0.15, -0.1) is 0 Å². The van der Waals surface area contributed by atoms with E-state index >= 15 is 0 Å². The Hall–Kier alpha value is -1.59. The molecular formula is C15H24N2O4. The summed E-state index contributed by atoms with van der Waals surface area (Å²) < 4.78 is 0. The number of carboxylic acids is 1. The Morgan fingerprint density at radius 3 is 2.29 bits per heavy atom. The summed E-state index contributed by atoms with van der Waals surface area (Å²) in [4.78, 5) is 39.2. The van der Waals surface area contributed by atoms with Gasteiger partial charge in [0.2, 0.25) is 11.8 Å². The number of hydrogen-bond donors (Lipinski definition) is 1. The molecule has 6 heteroatoms. The number of carbonyl (C=O) groups excluding carboxylic acids is 2. The maximum absolute atomic E-state index is 12.7. The standard InChI is InChI=1S/C15H24N2O4/c1-15(2,3)14(21)16-8-4-5-11(16)13(20)17(9-12(18)19)10-6-7-10/h10-11H,4-9H2,1-3H3,(H,18,19). The molecule has 118 valence electrons. The van der Waals surface area contributed by atoms with E-state index in [1.165, 1.54) is 4.90 Å². The largest absolute Gasteiger partial charge is 0.480 e. The molecule has 1 aliphatic heterocycles. The van der Waals surface area contributed by atoms with Crippen molar-refractivity contribution in [3.8, 4) is 0 Å². The maximum atomic E-state index is 12.7. The summed E-state index contributed by atoms with van der Waals surface area (Å²) in [6, 6.07) is -0.447. The van der Waals surface area contributed by atoms with Gasteiger partial charge in [0.05, 0.1) is 0 Å². The van der Waals surface area contributed by atoms with Crippen molar-refractivity contribution < 1.29 is 19.5 Å². The van der Waals surface area contributed by atoms with Crippen LogP contribution in [-0.2, 0) is 14.4 Å². The first-order chi connectivity index (χ1) is 9.71. The van der Waals surface area contributed by atoms with Crippen LogP contribution in [0.2, 0.25) is 0 Å². The fraction of sp³-hybridized carbons (Fsp3) is 0.800. The summed E-state index contributed by atoms with van der Waals surface area (Å²) in [5, 5.41) is 8.98. The van der Waals surface area contributed by atoms with E-state index in [9.17, 15) is 14.4 Å². The molecule has 0 aromatic rings. The lowest BCUT2D eigenvalue weighted by molar-refractivity contribution is -0.151. The zero-order chi connectivity index (χ0) is 15.8. The predicted molar refractivity (Wildman–Crippen MR) is 76.6 cm³/mol. The molecule has 2 fully saturated rings. The molecule has 1 unspecified atom stereocenters. The monoisotopic (exact) mass is 296 g/mol. The van der Waals surface area contributed by atoms with E-state index in [0.717, 1.165) is 19.3 Å². The molecule has 1 heterocycles. The minimum absolute atomic E-state index is 0.0376. The van der Waals surface area contributed by atoms with Gasteiger partial charge < -0.3 is 14.9 Å². The second-order valence-corrected chi connectivity index (χ2v) is 7.00. The second-order valence-electron chi connectivity index (χ2n) is 7.00. The Kier molecular flexibility index (Phi) is 4.25. The lowest BCUT2D eigenvalue weighted by Gasteiger charge is -2.33. The summed E-state index contributed by atoms with van der Waals surface area (Å²) >= 11 is 0. The van der Waals surface area contributed by atoms with E-state index in [4.69, 9.17) is 5.11 Å². The zero-order valence-corrected chi connectivity index (χ0v) is 13.0. The van der Waals surface area contributed by atoms with Crippen LogP contribution in [0.3, 0.4) is 0 Å². The molecule has 1 atom stereocenters. The Balaban J connectivity index is 2.12. The van der Waals surface area contributed by atoms with Gasteiger partial charge in [0.25, 0.3) is 0 Å². The molecule has 0 spiro atoms. The second kappa shape index (κ2) is 5.66. The van der Waals surface area contributed by atoms with E-state index in [0.29, 0.717) is 13.0 Å². The molecule has 0 bridgehead atoms. The fourth-order valence-corrected chi connectivity index (χ4v) is 2.81. The van der Waals surface area contributed by atoms with Gasteiger partial charge in [-0.1, -0.05) is 20.8 Å². The van der Waals surface area contributed by atoms with Crippen LogP contribution in [0, 0.1) is 5.41 Å². The average molecular weight is 296 g/mol. The summed E-state index contributed by atoms with van der Waals surface area (Å²) in [6.45, 7) is 5.83. The molecule has 0 aromatic heterocycles. The highest BCUT2D eigenvalue weighted by Gasteiger charge is 2.43. The third-order valence-electron chi connectivity index (χ3n) is 4.02. The molecule has 0 radical (unpaired) electrons. The van der Waals surface area contributed by atoms with E-state index < -0.39 is 17.4 Å².